The van der Waals surface area contributed by atoms with Gasteiger partial charge in [0.25, 0.3) is 0 Å². The van der Waals surface area contributed by atoms with E-state index in [0.717, 1.165) is 39.0 Å². The maximum atomic E-state index is 6.36. The van der Waals surface area contributed by atoms with E-state index in [1.54, 1.807) is 23.2 Å². The highest BCUT2D eigenvalue weighted by Crippen LogP contribution is 2.50. The third kappa shape index (κ3) is 2.74. The monoisotopic (exact) mass is 427 g/mol. The Balaban J connectivity index is 1.55. The molecule has 6 aromatic rings. The standard InChI is InChI=1S/C27H17N5O/c1-2-8-18(9-3-1)22-23-20-11-5-4-7-17(20)12-13-21(23)33-27-24(22)26-30-25(31-32(26)16-29-27)19-10-6-14-28-15-19/h1-16,22H/t22-/m1/s1. The van der Waals surface area contributed by atoms with Crippen LogP contribution in [0.3, 0.4) is 0 Å². The van der Waals surface area contributed by atoms with Crippen LogP contribution in [0.2, 0.25) is 0 Å². The number of benzene rings is 3. The van der Waals surface area contributed by atoms with Crippen LogP contribution in [-0.4, -0.2) is 24.6 Å². The predicted octanol–water partition coefficient (Wildman–Crippen LogP) is 5.63. The molecule has 0 saturated heterocycles. The lowest BCUT2D eigenvalue weighted by Gasteiger charge is -2.29. The molecule has 33 heavy (non-hydrogen) atoms. The Morgan fingerprint density at radius 3 is 2.58 bits per heavy atom. The molecule has 156 valence electrons. The molecule has 1 aliphatic rings. The van der Waals surface area contributed by atoms with Gasteiger partial charge in [-0.3, -0.25) is 4.98 Å². The van der Waals surface area contributed by atoms with Gasteiger partial charge in [0, 0.05) is 29.4 Å². The Hall–Kier alpha value is -4.58. The zero-order valence-corrected chi connectivity index (χ0v) is 17.5. The van der Waals surface area contributed by atoms with Gasteiger partial charge in [-0.2, -0.15) is 0 Å². The van der Waals surface area contributed by atoms with Crippen molar-refractivity contribution in [2.45, 2.75) is 5.92 Å². The molecule has 4 heterocycles. The molecule has 3 aromatic heterocycles. The van der Waals surface area contributed by atoms with E-state index in [4.69, 9.17) is 9.72 Å². The Morgan fingerprint density at radius 1 is 0.818 bits per heavy atom. The van der Waals surface area contributed by atoms with Gasteiger partial charge in [0.15, 0.2) is 11.5 Å². The highest BCUT2D eigenvalue weighted by atomic mass is 16.5. The second-order valence-corrected chi connectivity index (χ2v) is 8.05. The van der Waals surface area contributed by atoms with E-state index in [9.17, 15) is 0 Å². The number of hydrogen-bond donors (Lipinski definition) is 0. The van der Waals surface area contributed by atoms with Gasteiger partial charge in [0.1, 0.15) is 12.1 Å². The summed E-state index contributed by atoms with van der Waals surface area (Å²) < 4.78 is 8.09. The molecule has 1 aliphatic heterocycles. The van der Waals surface area contributed by atoms with Gasteiger partial charge in [0.05, 0.1) is 5.56 Å². The summed E-state index contributed by atoms with van der Waals surface area (Å²) >= 11 is 0. The van der Waals surface area contributed by atoms with Gasteiger partial charge in [-0.15, -0.1) is 5.10 Å². The normalized spacial score (nSPS) is 14.6. The topological polar surface area (TPSA) is 65.2 Å². The minimum atomic E-state index is -0.0989. The van der Waals surface area contributed by atoms with Crippen molar-refractivity contribution in [3.05, 3.63) is 114 Å². The van der Waals surface area contributed by atoms with Crippen LogP contribution in [0.25, 0.3) is 27.8 Å². The molecule has 0 N–H and O–H groups in total. The molecule has 0 spiro atoms. The lowest BCUT2D eigenvalue weighted by Crippen LogP contribution is -2.15. The summed E-state index contributed by atoms with van der Waals surface area (Å²) in [4.78, 5) is 13.8. The predicted molar refractivity (Wildman–Crippen MR) is 125 cm³/mol. The first-order valence-electron chi connectivity index (χ1n) is 10.8. The fourth-order valence-corrected chi connectivity index (χ4v) is 4.70. The van der Waals surface area contributed by atoms with Crippen LogP contribution in [0.15, 0.2) is 97.6 Å². The van der Waals surface area contributed by atoms with E-state index in [2.05, 4.69) is 69.7 Å². The average molecular weight is 427 g/mol. The Kier molecular flexibility index (Phi) is 3.81. The lowest BCUT2D eigenvalue weighted by molar-refractivity contribution is 0.433. The number of nitrogens with zero attached hydrogens (tertiary/aromatic N) is 5. The van der Waals surface area contributed by atoms with Crippen molar-refractivity contribution in [2.24, 2.45) is 0 Å². The van der Waals surface area contributed by atoms with E-state index in [1.807, 2.05) is 24.3 Å². The maximum Gasteiger partial charge on any atom is 0.228 e. The Bertz CT molecular complexity index is 1640. The summed E-state index contributed by atoms with van der Waals surface area (Å²) in [7, 11) is 0. The molecule has 0 fully saturated rings. The van der Waals surface area contributed by atoms with E-state index >= 15 is 0 Å². The minimum Gasteiger partial charge on any atom is -0.438 e. The highest BCUT2D eigenvalue weighted by Gasteiger charge is 2.34. The van der Waals surface area contributed by atoms with Gasteiger partial charge in [0.2, 0.25) is 5.88 Å². The van der Waals surface area contributed by atoms with Crippen LogP contribution in [0, 0.1) is 0 Å². The van der Waals surface area contributed by atoms with Crippen LogP contribution in [0.4, 0.5) is 0 Å². The number of aromatic nitrogens is 5. The molecular formula is C27H17N5O. The smallest absolute Gasteiger partial charge is 0.228 e. The van der Waals surface area contributed by atoms with Crippen molar-refractivity contribution in [2.75, 3.05) is 0 Å². The highest BCUT2D eigenvalue weighted by molar-refractivity contribution is 5.90. The van der Waals surface area contributed by atoms with Crippen molar-refractivity contribution >= 4 is 16.4 Å². The molecule has 1 atom stereocenters. The summed E-state index contributed by atoms with van der Waals surface area (Å²) in [6, 6.07) is 26.8. The first-order chi connectivity index (χ1) is 16.4. The third-order valence-corrected chi connectivity index (χ3v) is 6.15. The van der Waals surface area contributed by atoms with Crippen LogP contribution in [0.5, 0.6) is 11.6 Å². The Labute approximate surface area is 189 Å². The van der Waals surface area contributed by atoms with Crippen molar-refractivity contribution in [1.29, 1.82) is 0 Å². The summed E-state index contributed by atoms with van der Waals surface area (Å²) in [6.45, 7) is 0. The van der Waals surface area contributed by atoms with Crippen LogP contribution in [0.1, 0.15) is 22.6 Å². The quantitative estimate of drug-likeness (QED) is 0.358. The van der Waals surface area contributed by atoms with E-state index in [1.165, 1.54) is 5.39 Å². The number of ether oxygens (including phenoxy) is 1. The van der Waals surface area contributed by atoms with Crippen molar-refractivity contribution in [1.82, 2.24) is 24.6 Å². The molecule has 7 rings (SSSR count). The van der Waals surface area contributed by atoms with Crippen molar-refractivity contribution in [3.63, 3.8) is 0 Å². The fraction of sp³-hybridized carbons (Fsp3) is 0.0370. The van der Waals surface area contributed by atoms with E-state index < -0.39 is 0 Å². The number of fused-ring (bicyclic) bond motifs is 6. The summed E-state index contributed by atoms with van der Waals surface area (Å²) in [5.74, 6) is 1.88. The SMILES string of the molecule is c1ccc([C@@H]2c3c(ccc4ccccc34)Oc3ncn4nc(-c5cccnc5)nc4c32)cc1. The van der Waals surface area contributed by atoms with Crippen molar-refractivity contribution in [3.8, 4) is 23.0 Å². The van der Waals surface area contributed by atoms with Gasteiger partial charge in [-0.1, -0.05) is 60.7 Å². The first kappa shape index (κ1) is 18.0. The average Bonchev–Trinajstić information content (AvgIpc) is 3.33. The van der Waals surface area contributed by atoms with Gasteiger partial charge in [-0.25, -0.2) is 14.5 Å². The van der Waals surface area contributed by atoms with Gasteiger partial charge in [-0.05, 0) is 34.5 Å². The molecule has 6 nitrogen and oxygen atoms in total. The molecule has 0 radical (unpaired) electrons. The molecule has 0 saturated carbocycles. The number of rotatable bonds is 2. The molecule has 0 unspecified atom stereocenters. The van der Waals surface area contributed by atoms with Gasteiger partial charge >= 0.3 is 0 Å². The van der Waals surface area contributed by atoms with Crippen molar-refractivity contribution < 1.29 is 4.74 Å². The van der Waals surface area contributed by atoms with E-state index in [0.29, 0.717) is 11.7 Å². The van der Waals surface area contributed by atoms with E-state index in [-0.39, 0.29) is 5.92 Å². The number of pyridine rings is 1. The van der Waals surface area contributed by atoms with Crippen LogP contribution < -0.4 is 4.74 Å². The van der Waals surface area contributed by atoms with Crippen LogP contribution >= 0.6 is 0 Å². The zero-order chi connectivity index (χ0) is 21.8. The molecule has 0 bridgehead atoms. The summed E-state index contributed by atoms with van der Waals surface area (Å²) in [6.07, 6.45) is 5.17. The second-order valence-electron chi connectivity index (χ2n) is 8.05. The molecular weight excluding hydrogens is 410 g/mol. The number of hydrogen-bond acceptors (Lipinski definition) is 5. The molecule has 6 heteroatoms. The summed E-state index contributed by atoms with van der Waals surface area (Å²) in [5.41, 5.74) is 4.77. The maximum absolute atomic E-state index is 6.36. The second kappa shape index (κ2) is 6.97. The molecule has 0 aliphatic carbocycles. The molecule has 3 aromatic carbocycles. The summed E-state index contributed by atoms with van der Waals surface area (Å²) in [5, 5.41) is 7.01. The van der Waals surface area contributed by atoms with Gasteiger partial charge < -0.3 is 4.74 Å². The van der Waals surface area contributed by atoms with Crippen LogP contribution in [-0.2, 0) is 0 Å². The minimum absolute atomic E-state index is 0.0989. The first-order valence-corrected chi connectivity index (χ1v) is 10.8. The Morgan fingerprint density at radius 2 is 1.70 bits per heavy atom. The zero-order valence-electron chi connectivity index (χ0n) is 17.5. The lowest BCUT2D eigenvalue weighted by atomic mass is 9.81. The fourth-order valence-electron chi connectivity index (χ4n) is 4.70. The largest absolute Gasteiger partial charge is 0.438 e. The molecule has 0 amide bonds. The third-order valence-electron chi connectivity index (χ3n) is 6.15.